The number of thioether (sulfide) groups is 1. The summed E-state index contributed by atoms with van der Waals surface area (Å²) < 4.78 is 200. The molecule has 0 radical (unpaired) electrons. The Morgan fingerprint density at radius 2 is 1.31 bits per heavy atom. The Balaban J connectivity index is 0.00000240. The Hall–Kier alpha value is -7.10. The van der Waals surface area contributed by atoms with Gasteiger partial charge in [0.2, 0.25) is 11.0 Å². The van der Waals surface area contributed by atoms with Crippen molar-refractivity contribution in [3.63, 3.8) is 0 Å². The van der Waals surface area contributed by atoms with Gasteiger partial charge < -0.3 is 9.84 Å². The minimum absolute atomic E-state index is 0.0149. The van der Waals surface area contributed by atoms with Crippen molar-refractivity contribution in [1.82, 2.24) is 14.4 Å². The van der Waals surface area contributed by atoms with Crippen LogP contribution in [0.25, 0.3) is 37.7 Å². The molecule has 39 heteroatoms. The van der Waals surface area contributed by atoms with Crippen LogP contribution in [0.1, 0.15) is 35.1 Å². The molecule has 0 fully saturated rings. The maximum atomic E-state index is 12.5. The van der Waals surface area contributed by atoms with Gasteiger partial charge in [-0.05, 0) is 104 Å². The van der Waals surface area contributed by atoms with Crippen molar-refractivity contribution in [3.05, 3.63) is 87.9 Å². The van der Waals surface area contributed by atoms with E-state index in [0.717, 1.165) is 51.8 Å². The standard InChI is InChI=1S/C44H37ClN10O17S7.O3S/c1-21-14-31(51-53-37-23(3)27(20-46)42-47-38-33(55(42)43(37)56)9-8-28(45)41(38)79(69,70)71)34(72-10-4-12-75(57,58)59)18-29(21)49-52-32-15-22(2)30(19-35(32)73-11-5-13-76(60,61)62)50-54-44-48-39-36(78(66,67)68)16-24-6-7-25(77(63,64)65)17-26(24)40(39)74-44;1-4(2)3/h6-9,14-19,56H,4-5,10-13H2,1-3H3,(H,57,58,59)(H,60,61,62)(H,63,64,65)(H,66,67,68)(H,69,70,71);. The van der Waals surface area contributed by atoms with Gasteiger partial charge in [-0.25, -0.2) is 9.97 Å². The lowest BCUT2D eigenvalue weighted by Gasteiger charge is -2.12. The predicted molar refractivity (Wildman–Crippen MR) is 298 cm³/mol. The van der Waals surface area contributed by atoms with Crippen LogP contribution < -0.4 is 4.74 Å². The van der Waals surface area contributed by atoms with Crippen molar-refractivity contribution < 1.29 is 87.3 Å². The number of halogens is 1. The van der Waals surface area contributed by atoms with Crippen molar-refractivity contribution >= 4 is 167 Å². The molecule has 0 saturated heterocycles. The average molecular weight is 1320 g/mol. The molecule has 0 aliphatic carbocycles. The lowest BCUT2D eigenvalue weighted by atomic mass is 10.1. The molecule has 438 valence electrons. The number of hydrogen-bond acceptors (Lipinski definition) is 26. The van der Waals surface area contributed by atoms with E-state index in [1.807, 2.05) is 6.07 Å². The van der Waals surface area contributed by atoms with Crippen LogP contribution in [-0.4, -0.2) is 121 Å². The number of nitriles is 1. The molecule has 30 nitrogen and oxygen atoms in total. The van der Waals surface area contributed by atoms with Crippen LogP contribution in [0, 0.1) is 32.1 Å². The highest BCUT2D eigenvalue weighted by atomic mass is 35.5. The quantitative estimate of drug-likeness (QED) is 0.0190. The highest BCUT2D eigenvalue weighted by molar-refractivity contribution is 7.99. The number of aryl methyl sites for hydroxylation is 2. The maximum Gasteiger partial charge on any atom is 0.425 e. The molecule has 3 heterocycles. The molecule has 8 aromatic rings. The molecule has 83 heavy (non-hydrogen) atoms. The molecule has 0 amide bonds. The lowest BCUT2D eigenvalue weighted by molar-refractivity contribution is 0.317. The summed E-state index contributed by atoms with van der Waals surface area (Å²) in [6.45, 7) is 4.33. The van der Waals surface area contributed by atoms with Gasteiger partial charge in [-0.15, -0.1) is 50.0 Å². The van der Waals surface area contributed by atoms with E-state index < -0.39 is 93.3 Å². The molecule has 0 saturated carbocycles. The number of ether oxygens (including phenoxy) is 1. The summed E-state index contributed by atoms with van der Waals surface area (Å²) in [5.41, 5.74) is -0.00417. The molecule has 3 aromatic heterocycles. The number of aromatic nitrogens is 3. The summed E-state index contributed by atoms with van der Waals surface area (Å²) in [6.07, 6.45) is -0.217. The number of thiazole rings is 1. The van der Waals surface area contributed by atoms with Gasteiger partial charge in [-0.1, -0.05) is 29.0 Å². The number of azo groups is 3. The minimum atomic E-state index is -4.96. The molecule has 0 atom stereocenters. The summed E-state index contributed by atoms with van der Waals surface area (Å²) in [6, 6.07) is 14.7. The first kappa shape index (κ1) is 63.5. The predicted octanol–water partition coefficient (Wildman–Crippen LogP) is 9.42. The van der Waals surface area contributed by atoms with Crippen LogP contribution >= 0.6 is 34.7 Å². The first-order valence-corrected chi connectivity index (χ1v) is 33.3. The first-order chi connectivity index (χ1) is 38.6. The monoisotopic (exact) mass is 1320 g/mol. The molecule has 0 spiro atoms. The van der Waals surface area contributed by atoms with Crippen molar-refractivity contribution in [2.75, 3.05) is 23.9 Å². The second-order valence-electron chi connectivity index (χ2n) is 17.1. The van der Waals surface area contributed by atoms with Gasteiger partial charge in [0.05, 0.1) is 55.3 Å². The Bertz CT molecular complexity index is 4870. The molecule has 0 unspecified atom stereocenters. The van der Waals surface area contributed by atoms with Crippen molar-refractivity contribution in [1.29, 1.82) is 5.26 Å². The fraction of sp³-hybridized carbons (Fsp3) is 0.205. The van der Waals surface area contributed by atoms with Gasteiger partial charge in [0.1, 0.15) is 43.9 Å². The van der Waals surface area contributed by atoms with Crippen LogP contribution in [0.4, 0.5) is 33.6 Å². The number of benzene rings is 5. The SMILES string of the molecule is Cc1cc(N=Nc2cc(OCCCS(=O)(=O)O)c(N=Nc3c(C)c(C#N)c4nc5c(S(=O)(=O)O)c(Cl)ccc5n4c3O)cc2C)c(SCCCS(=O)(=O)O)cc1N=Nc1nc2c(S(=O)(=O)O)cc3ccc(S(=O)(=O)O)cc3c2s1.O=S(=O)=O. The largest absolute Gasteiger partial charge is 0.493 e. The molecule has 6 N–H and O–H groups in total. The smallest absolute Gasteiger partial charge is 0.425 e. The van der Waals surface area contributed by atoms with Crippen molar-refractivity contribution in [2.24, 2.45) is 30.7 Å². The van der Waals surface area contributed by atoms with Crippen molar-refractivity contribution in [3.8, 4) is 17.7 Å². The van der Waals surface area contributed by atoms with E-state index in [2.05, 4.69) is 40.7 Å². The van der Waals surface area contributed by atoms with Gasteiger partial charge >= 0.3 is 10.6 Å². The van der Waals surface area contributed by atoms with Gasteiger partial charge in [0, 0.05) is 21.9 Å². The zero-order valence-electron chi connectivity index (χ0n) is 42.0. The van der Waals surface area contributed by atoms with Gasteiger partial charge in [-0.3, -0.25) is 27.2 Å². The summed E-state index contributed by atoms with van der Waals surface area (Å²) in [7, 11) is -26.4. The Kier molecular flexibility index (Phi) is 18.8. The summed E-state index contributed by atoms with van der Waals surface area (Å²) in [5, 5.41) is 47.6. The third-order valence-electron chi connectivity index (χ3n) is 11.4. The number of nitrogens with zero attached hydrogens (tertiary/aromatic N) is 10. The third-order valence-corrected chi connectivity index (χ3v) is 18.2. The van der Waals surface area contributed by atoms with E-state index in [0.29, 0.717) is 16.0 Å². The Morgan fingerprint density at radius 1 is 0.711 bits per heavy atom. The van der Waals surface area contributed by atoms with Gasteiger partial charge in [0.15, 0.2) is 11.3 Å². The molecule has 8 rings (SSSR count). The van der Waals surface area contributed by atoms with Crippen LogP contribution in [0.15, 0.2) is 111 Å². The minimum Gasteiger partial charge on any atom is -0.493 e. The zero-order chi connectivity index (χ0) is 61.3. The number of aromatic hydroxyl groups is 1. The normalized spacial score (nSPS) is 12.8. The van der Waals surface area contributed by atoms with Crippen LogP contribution in [-0.2, 0) is 61.2 Å². The topological polar surface area (TPSA) is 481 Å². The zero-order valence-corrected chi connectivity index (χ0v) is 49.3. The van der Waals surface area contributed by atoms with E-state index in [9.17, 15) is 75.2 Å². The number of fused-ring (bicyclic) bond motifs is 6. The van der Waals surface area contributed by atoms with E-state index in [1.54, 1.807) is 19.9 Å². The highest BCUT2D eigenvalue weighted by Gasteiger charge is 2.28. The molecular formula is C44H37ClN10O20S8. The van der Waals surface area contributed by atoms with E-state index in [-0.39, 0.29) is 118 Å². The van der Waals surface area contributed by atoms with E-state index in [1.165, 1.54) is 37.3 Å². The van der Waals surface area contributed by atoms with Crippen LogP contribution in [0.2, 0.25) is 5.02 Å². The fourth-order valence-electron chi connectivity index (χ4n) is 7.74. The van der Waals surface area contributed by atoms with Crippen molar-refractivity contribution in [2.45, 2.75) is 53.2 Å². The third kappa shape index (κ3) is 15.2. The number of pyridine rings is 1. The summed E-state index contributed by atoms with van der Waals surface area (Å²) >= 11 is 8.01. The lowest BCUT2D eigenvalue weighted by Crippen LogP contribution is -2.08. The first-order valence-electron chi connectivity index (χ1n) is 22.6. The number of hydrogen-bond donors (Lipinski definition) is 6. The Labute approximate surface area is 484 Å². The van der Waals surface area contributed by atoms with Crippen LogP contribution in [0.5, 0.6) is 11.6 Å². The molecule has 5 aromatic carbocycles. The van der Waals surface area contributed by atoms with E-state index >= 15 is 0 Å². The molecular weight excluding hydrogens is 1280 g/mol. The number of rotatable bonds is 19. The van der Waals surface area contributed by atoms with Crippen LogP contribution in [0.3, 0.4) is 0 Å². The molecule has 0 aliphatic heterocycles. The highest BCUT2D eigenvalue weighted by Crippen LogP contribution is 2.45. The maximum absolute atomic E-state index is 12.5. The molecule has 0 aliphatic rings. The Morgan fingerprint density at radius 3 is 1.93 bits per heavy atom. The fourth-order valence-corrected chi connectivity index (χ4v) is 13.2. The second kappa shape index (κ2) is 24.6. The summed E-state index contributed by atoms with van der Waals surface area (Å²) in [5.74, 6) is -1.87. The van der Waals surface area contributed by atoms with E-state index in [4.69, 9.17) is 29.0 Å². The summed E-state index contributed by atoms with van der Waals surface area (Å²) in [4.78, 5) is 6.96. The number of imidazole rings is 1. The second-order valence-corrected chi connectivity index (χ2v) is 27.4. The molecule has 0 bridgehead atoms. The van der Waals surface area contributed by atoms with Gasteiger partial charge in [0.25, 0.3) is 50.6 Å². The van der Waals surface area contributed by atoms with Gasteiger partial charge in [-0.2, -0.15) is 52.5 Å². The average Bonchev–Trinajstić information content (AvgIpc) is 2.18.